The van der Waals surface area contributed by atoms with Crippen LogP contribution in [0.25, 0.3) is 0 Å². The van der Waals surface area contributed by atoms with Crippen LogP contribution in [0.15, 0.2) is 17.1 Å². The summed E-state index contributed by atoms with van der Waals surface area (Å²) in [4.78, 5) is 4.76. The van der Waals surface area contributed by atoms with Crippen molar-refractivity contribution in [3.05, 3.63) is 21.3 Å². The van der Waals surface area contributed by atoms with Crippen LogP contribution in [0.3, 0.4) is 0 Å². The Hall–Kier alpha value is -1.05. The van der Waals surface area contributed by atoms with E-state index in [1.165, 1.54) is 11.3 Å². The summed E-state index contributed by atoms with van der Waals surface area (Å²) >= 11 is 7.10. The van der Waals surface area contributed by atoms with E-state index in [9.17, 15) is 0 Å². The summed E-state index contributed by atoms with van der Waals surface area (Å²) in [5.41, 5.74) is 0. The molecule has 0 aliphatic heterocycles. The first-order chi connectivity index (χ1) is 5.77. The van der Waals surface area contributed by atoms with Crippen LogP contribution in [0.5, 0.6) is 0 Å². The minimum absolute atomic E-state index is 0.550. The van der Waals surface area contributed by atoms with E-state index in [1.54, 1.807) is 13.1 Å². The maximum Gasteiger partial charge on any atom is 0.182 e. The third kappa shape index (κ3) is 1.97. The first kappa shape index (κ1) is 9.04. The average Bonchev–Trinajstić information content (AvgIpc) is 2.47. The van der Waals surface area contributed by atoms with Crippen LogP contribution >= 0.6 is 22.9 Å². The summed E-state index contributed by atoms with van der Waals surface area (Å²) in [5.74, 6) is 0.550. The van der Waals surface area contributed by atoms with E-state index in [0.717, 1.165) is 4.88 Å². The summed E-state index contributed by atoms with van der Waals surface area (Å²) in [6, 6.07) is 3.59. The molecule has 1 rings (SSSR count). The molecule has 1 heterocycles. The Morgan fingerprint density at radius 1 is 1.75 bits per heavy atom. The second-order valence-electron chi connectivity index (χ2n) is 1.91. The lowest BCUT2D eigenvalue weighted by Crippen LogP contribution is -2.17. The van der Waals surface area contributed by atoms with Gasteiger partial charge in [0.25, 0.3) is 0 Å². The minimum Gasteiger partial charge on any atom is -0.276 e. The van der Waals surface area contributed by atoms with E-state index >= 15 is 0 Å². The summed E-state index contributed by atoms with van der Waals surface area (Å²) in [5, 5.41) is 10.8. The Kier molecular flexibility index (Phi) is 3.09. The summed E-state index contributed by atoms with van der Waals surface area (Å²) < 4.78 is 0.686. The molecule has 0 saturated heterocycles. The van der Waals surface area contributed by atoms with Gasteiger partial charge in [0.2, 0.25) is 0 Å². The van der Waals surface area contributed by atoms with Crippen molar-refractivity contribution < 1.29 is 0 Å². The summed E-state index contributed by atoms with van der Waals surface area (Å²) in [6.45, 7) is 0. The molecule has 1 aromatic rings. The van der Waals surface area contributed by atoms with Crippen molar-refractivity contribution in [1.82, 2.24) is 5.32 Å². The Morgan fingerprint density at radius 3 is 2.92 bits per heavy atom. The fraction of sp³-hybridized carbons (Fsp3) is 0.143. The van der Waals surface area contributed by atoms with Gasteiger partial charge in [-0.2, -0.15) is 5.26 Å². The number of nitrogens with zero attached hydrogens (tertiary/aromatic N) is 2. The lowest BCUT2D eigenvalue weighted by atomic mass is 10.4. The third-order valence-corrected chi connectivity index (χ3v) is 2.44. The average molecular weight is 200 g/mol. The molecule has 0 fully saturated rings. The fourth-order valence-corrected chi connectivity index (χ4v) is 1.76. The number of nitriles is 1. The van der Waals surface area contributed by atoms with Gasteiger partial charge in [-0.05, 0) is 12.1 Å². The van der Waals surface area contributed by atoms with Gasteiger partial charge in [-0.3, -0.25) is 10.3 Å². The van der Waals surface area contributed by atoms with E-state index in [0.29, 0.717) is 10.2 Å². The van der Waals surface area contributed by atoms with Gasteiger partial charge in [0.1, 0.15) is 0 Å². The normalized spacial score (nSPS) is 10.9. The molecule has 0 radical (unpaired) electrons. The van der Waals surface area contributed by atoms with E-state index in [2.05, 4.69) is 10.3 Å². The quantitative estimate of drug-likeness (QED) is 0.325. The molecule has 0 amide bonds. The number of thiophene rings is 1. The molecule has 0 unspecified atom stereocenters. The maximum absolute atomic E-state index is 8.37. The van der Waals surface area contributed by atoms with Crippen LogP contribution in [0.1, 0.15) is 4.88 Å². The highest BCUT2D eigenvalue weighted by atomic mass is 35.5. The Labute approximate surface area is 79.3 Å². The van der Waals surface area contributed by atoms with E-state index < -0.39 is 0 Å². The van der Waals surface area contributed by atoms with Crippen molar-refractivity contribution >= 4 is 28.8 Å². The van der Waals surface area contributed by atoms with Crippen LogP contribution in [0, 0.1) is 11.5 Å². The van der Waals surface area contributed by atoms with E-state index in [1.807, 2.05) is 12.3 Å². The van der Waals surface area contributed by atoms with Crippen molar-refractivity contribution in [1.29, 1.82) is 5.26 Å². The zero-order chi connectivity index (χ0) is 8.97. The highest BCUT2D eigenvalue weighted by molar-refractivity contribution is 7.18. The predicted octanol–water partition coefficient (Wildman–Crippen LogP) is 1.85. The molecule has 0 saturated carbocycles. The smallest absolute Gasteiger partial charge is 0.182 e. The molecular weight excluding hydrogens is 194 g/mol. The second kappa shape index (κ2) is 4.10. The van der Waals surface area contributed by atoms with Gasteiger partial charge < -0.3 is 0 Å². The van der Waals surface area contributed by atoms with Crippen molar-refractivity contribution in [2.75, 3.05) is 7.05 Å². The van der Waals surface area contributed by atoms with Crippen molar-refractivity contribution in [3.63, 3.8) is 0 Å². The largest absolute Gasteiger partial charge is 0.276 e. The highest BCUT2D eigenvalue weighted by Crippen LogP contribution is 2.21. The van der Waals surface area contributed by atoms with Gasteiger partial charge in [0, 0.05) is 7.05 Å². The van der Waals surface area contributed by atoms with Crippen LogP contribution in [-0.4, -0.2) is 12.9 Å². The van der Waals surface area contributed by atoms with Gasteiger partial charge in [0.05, 0.1) is 9.21 Å². The zero-order valence-electron chi connectivity index (χ0n) is 6.34. The Balaban J connectivity index is 2.90. The lowest BCUT2D eigenvalue weighted by molar-refractivity contribution is 1.23. The van der Waals surface area contributed by atoms with Crippen LogP contribution in [-0.2, 0) is 0 Å². The van der Waals surface area contributed by atoms with Gasteiger partial charge in [-0.15, -0.1) is 11.3 Å². The van der Waals surface area contributed by atoms with Gasteiger partial charge in [-0.25, -0.2) is 0 Å². The number of hydrogen-bond acceptors (Lipinski definition) is 3. The van der Waals surface area contributed by atoms with Crippen LogP contribution < -0.4 is 5.32 Å². The second-order valence-corrected chi connectivity index (χ2v) is 3.63. The zero-order valence-corrected chi connectivity index (χ0v) is 7.91. The topological polar surface area (TPSA) is 48.2 Å². The molecule has 1 aromatic heterocycles. The molecular formula is C7H6ClN3S. The molecule has 0 bridgehead atoms. The molecule has 0 atom stereocenters. The van der Waals surface area contributed by atoms with E-state index in [-0.39, 0.29) is 0 Å². The molecule has 12 heavy (non-hydrogen) atoms. The van der Waals surface area contributed by atoms with Crippen LogP contribution in [0.2, 0.25) is 4.34 Å². The monoisotopic (exact) mass is 199 g/mol. The van der Waals surface area contributed by atoms with Gasteiger partial charge >= 0.3 is 0 Å². The first-order valence-electron chi connectivity index (χ1n) is 3.15. The van der Waals surface area contributed by atoms with E-state index in [4.69, 9.17) is 16.9 Å². The molecule has 0 aliphatic rings. The molecule has 0 spiro atoms. The number of hydrogen-bond donors (Lipinski definition) is 1. The highest BCUT2D eigenvalue weighted by Gasteiger charge is 2.03. The van der Waals surface area contributed by atoms with Gasteiger partial charge in [-0.1, -0.05) is 11.6 Å². The molecule has 0 aliphatic carbocycles. The Morgan fingerprint density at radius 2 is 2.50 bits per heavy atom. The van der Waals surface area contributed by atoms with Crippen molar-refractivity contribution in [3.8, 4) is 6.19 Å². The summed E-state index contributed by atoms with van der Waals surface area (Å²) in [6.07, 6.45) is 1.81. The predicted molar refractivity (Wildman–Crippen MR) is 50.5 cm³/mol. The number of aliphatic imine (C=N–C) groups is 1. The fourth-order valence-electron chi connectivity index (χ4n) is 0.722. The van der Waals surface area contributed by atoms with Gasteiger partial charge in [0.15, 0.2) is 12.0 Å². The number of halogens is 1. The molecule has 62 valence electrons. The van der Waals surface area contributed by atoms with Crippen molar-refractivity contribution in [2.45, 2.75) is 0 Å². The lowest BCUT2D eigenvalue weighted by Gasteiger charge is -1.96. The summed E-state index contributed by atoms with van der Waals surface area (Å²) in [7, 11) is 1.62. The maximum atomic E-state index is 8.37. The molecule has 0 aromatic carbocycles. The number of nitrogens with one attached hydrogen (secondary N) is 1. The molecule has 3 nitrogen and oxygen atoms in total. The van der Waals surface area contributed by atoms with Crippen LogP contribution in [0.4, 0.5) is 0 Å². The molecule has 1 N–H and O–H groups in total. The standard InChI is InChI=1S/C7H6ClN3S/c1-10-7(11-4-9)5-2-3-6(8)12-5/h2-3H,1H3,(H,10,11). The number of amidine groups is 1. The van der Waals surface area contributed by atoms with Crippen molar-refractivity contribution in [2.24, 2.45) is 4.99 Å². The SMILES string of the molecule is CN=C(NC#N)c1ccc(Cl)s1. The Bertz CT molecular complexity index is 337. The number of rotatable bonds is 1. The molecule has 5 heteroatoms. The first-order valence-corrected chi connectivity index (χ1v) is 4.35. The third-order valence-electron chi connectivity index (χ3n) is 1.20. The minimum atomic E-state index is 0.550.